The van der Waals surface area contributed by atoms with E-state index in [2.05, 4.69) is 0 Å². The zero-order chi connectivity index (χ0) is 15.1. The number of carboxylic acid groups (broad SMARTS) is 1. The summed E-state index contributed by atoms with van der Waals surface area (Å²) >= 11 is 0. The van der Waals surface area contributed by atoms with Gasteiger partial charge in [-0.05, 0) is 31.1 Å². The van der Waals surface area contributed by atoms with Gasteiger partial charge in [0.2, 0.25) is 11.8 Å². The van der Waals surface area contributed by atoms with Gasteiger partial charge in [0.05, 0.1) is 11.8 Å². The number of carbonyl (C=O) groups is 3. The summed E-state index contributed by atoms with van der Waals surface area (Å²) < 4.78 is 0. The molecular weight excluding hydrogens is 272 g/mol. The maximum Gasteiger partial charge on any atom is 0.307 e. The molecule has 0 aromatic heterocycles. The summed E-state index contributed by atoms with van der Waals surface area (Å²) in [6, 6.07) is 0. The summed E-state index contributed by atoms with van der Waals surface area (Å²) in [6.45, 7) is 0.993. The van der Waals surface area contributed by atoms with E-state index in [1.807, 2.05) is 12.2 Å². The fourth-order valence-electron chi connectivity index (χ4n) is 4.09. The predicted molar refractivity (Wildman–Crippen MR) is 73.9 cm³/mol. The van der Waals surface area contributed by atoms with Gasteiger partial charge in [-0.15, -0.1) is 0 Å². The summed E-state index contributed by atoms with van der Waals surface area (Å²) in [7, 11) is 0. The van der Waals surface area contributed by atoms with Crippen LogP contribution in [0.3, 0.4) is 0 Å². The highest BCUT2D eigenvalue weighted by Crippen LogP contribution is 2.49. The van der Waals surface area contributed by atoms with E-state index in [0.717, 1.165) is 6.42 Å². The number of piperidine rings is 1. The van der Waals surface area contributed by atoms with Crippen LogP contribution >= 0.6 is 0 Å². The zero-order valence-electron chi connectivity index (χ0n) is 11.8. The van der Waals surface area contributed by atoms with Gasteiger partial charge in [0.15, 0.2) is 0 Å². The van der Waals surface area contributed by atoms with Gasteiger partial charge in [-0.2, -0.15) is 0 Å². The number of rotatable bonds is 3. The van der Waals surface area contributed by atoms with Gasteiger partial charge in [0, 0.05) is 19.0 Å². The van der Waals surface area contributed by atoms with E-state index in [1.54, 1.807) is 4.90 Å². The Morgan fingerprint density at radius 3 is 2.14 bits per heavy atom. The van der Waals surface area contributed by atoms with Crippen LogP contribution < -0.4 is 5.73 Å². The molecule has 21 heavy (non-hydrogen) atoms. The van der Waals surface area contributed by atoms with E-state index in [0.29, 0.717) is 25.9 Å². The van der Waals surface area contributed by atoms with Gasteiger partial charge in [0.1, 0.15) is 0 Å². The largest absolute Gasteiger partial charge is 0.481 e. The first-order valence-corrected chi connectivity index (χ1v) is 7.48. The Bertz CT molecular complexity index is 508. The Kier molecular flexibility index (Phi) is 3.47. The Morgan fingerprint density at radius 2 is 1.62 bits per heavy atom. The molecule has 1 saturated carbocycles. The van der Waals surface area contributed by atoms with Crippen molar-refractivity contribution in [2.24, 2.45) is 35.3 Å². The van der Waals surface area contributed by atoms with Crippen molar-refractivity contribution >= 4 is 17.8 Å². The number of hydrogen-bond acceptors (Lipinski definition) is 3. The van der Waals surface area contributed by atoms with Crippen LogP contribution in [0.4, 0.5) is 0 Å². The zero-order valence-corrected chi connectivity index (χ0v) is 11.8. The number of nitrogens with zero attached hydrogens (tertiary/aromatic N) is 1. The summed E-state index contributed by atoms with van der Waals surface area (Å²) in [4.78, 5) is 37.0. The molecule has 0 aromatic rings. The minimum absolute atomic E-state index is 0.00962. The molecule has 4 unspecified atom stereocenters. The second-order valence-electron chi connectivity index (χ2n) is 6.34. The molecule has 2 fully saturated rings. The van der Waals surface area contributed by atoms with Crippen molar-refractivity contribution in [3.63, 3.8) is 0 Å². The molecular formula is C15H20N2O4. The molecule has 1 saturated heterocycles. The second-order valence-corrected chi connectivity index (χ2v) is 6.34. The lowest BCUT2D eigenvalue weighted by atomic mass is 9.81. The van der Waals surface area contributed by atoms with Gasteiger partial charge >= 0.3 is 5.97 Å². The lowest BCUT2D eigenvalue weighted by Gasteiger charge is -2.35. The highest BCUT2D eigenvalue weighted by molar-refractivity contribution is 5.87. The number of amides is 2. The molecule has 2 amide bonds. The van der Waals surface area contributed by atoms with Gasteiger partial charge in [0.25, 0.3) is 0 Å². The third-order valence-electron chi connectivity index (χ3n) is 5.24. The molecule has 2 aliphatic carbocycles. The fraction of sp³-hybridized carbons (Fsp3) is 0.667. The number of nitrogens with two attached hydrogens (primary N) is 1. The molecule has 6 nitrogen and oxygen atoms in total. The maximum absolute atomic E-state index is 12.7. The number of primary amides is 1. The molecule has 1 aliphatic heterocycles. The highest BCUT2D eigenvalue weighted by atomic mass is 16.4. The number of allylic oxidation sites excluding steroid dienone is 2. The number of likely N-dealkylation sites (tertiary alicyclic amines) is 1. The Hall–Kier alpha value is -1.85. The van der Waals surface area contributed by atoms with Crippen molar-refractivity contribution in [2.45, 2.75) is 19.3 Å². The average Bonchev–Trinajstić information content (AvgIpc) is 3.07. The third-order valence-corrected chi connectivity index (χ3v) is 5.24. The maximum atomic E-state index is 12.7. The summed E-state index contributed by atoms with van der Waals surface area (Å²) in [5.74, 6) is -2.41. The Morgan fingerprint density at radius 1 is 1.05 bits per heavy atom. The number of carboxylic acids is 1. The quantitative estimate of drug-likeness (QED) is 0.727. The topological polar surface area (TPSA) is 101 Å². The molecule has 3 N–H and O–H groups in total. The van der Waals surface area contributed by atoms with E-state index in [1.165, 1.54) is 0 Å². The van der Waals surface area contributed by atoms with E-state index < -0.39 is 17.8 Å². The molecule has 114 valence electrons. The van der Waals surface area contributed by atoms with Crippen LogP contribution in [-0.4, -0.2) is 40.9 Å². The van der Waals surface area contributed by atoms with Crippen molar-refractivity contribution in [1.29, 1.82) is 0 Å². The van der Waals surface area contributed by atoms with Crippen molar-refractivity contribution in [2.75, 3.05) is 13.1 Å². The lowest BCUT2D eigenvalue weighted by Crippen LogP contribution is -2.47. The van der Waals surface area contributed by atoms with Crippen LogP contribution in [0.2, 0.25) is 0 Å². The van der Waals surface area contributed by atoms with Crippen LogP contribution in [0.25, 0.3) is 0 Å². The summed E-state index contributed by atoms with van der Waals surface area (Å²) in [5.41, 5.74) is 5.29. The van der Waals surface area contributed by atoms with Crippen LogP contribution in [0.15, 0.2) is 12.2 Å². The first-order valence-electron chi connectivity index (χ1n) is 7.48. The van der Waals surface area contributed by atoms with Crippen LogP contribution in [0.5, 0.6) is 0 Å². The lowest BCUT2D eigenvalue weighted by molar-refractivity contribution is -0.151. The van der Waals surface area contributed by atoms with E-state index in [-0.39, 0.29) is 29.6 Å². The molecule has 0 spiro atoms. The van der Waals surface area contributed by atoms with Crippen molar-refractivity contribution < 1.29 is 19.5 Å². The molecule has 1 heterocycles. The molecule has 3 rings (SSSR count). The van der Waals surface area contributed by atoms with Crippen molar-refractivity contribution in [3.05, 3.63) is 12.2 Å². The van der Waals surface area contributed by atoms with Crippen LogP contribution in [0.1, 0.15) is 19.3 Å². The Balaban J connectivity index is 1.70. The number of hydrogen-bond donors (Lipinski definition) is 2. The molecule has 0 radical (unpaired) electrons. The van der Waals surface area contributed by atoms with E-state index >= 15 is 0 Å². The summed E-state index contributed by atoms with van der Waals surface area (Å²) in [6.07, 6.45) is 5.85. The molecule has 0 aromatic carbocycles. The molecule has 3 aliphatic rings. The van der Waals surface area contributed by atoms with Crippen LogP contribution in [-0.2, 0) is 14.4 Å². The van der Waals surface area contributed by atoms with E-state index in [9.17, 15) is 19.5 Å². The average molecular weight is 292 g/mol. The SMILES string of the molecule is NC(=O)C1CCN(C(=O)C2C3C=CC(C3)C2C(=O)O)CC1. The summed E-state index contributed by atoms with van der Waals surface area (Å²) in [5, 5.41) is 9.40. The smallest absolute Gasteiger partial charge is 0.307 e. The Labute approximate surface area is 123 Å². The van der Waals surface area contributed by atoms with Crippen LogP contribution in [0, 0.1) is 29.6 Å². The first-order chi connectivity index (χ1) is 9.99. The standard InChI is InChI=1S/C15H20N2O4/c16-13(18)8-3-5-17(6-4-8)14(19)11-9-1-2-10(7-9)12(11)15(20)21/h1-2,8-12H,3-7H2,(H2,16,18)(H,20,21). The fourth-order valence-corrected chi connectivity index (χ4v) is 4.09. The number of carbonyl (C=O) groups excluding carboxylic acids is 2. The van der Waals surface area contributed by atoms with E-state index in [4.69, 9.17) is 5.73 Å². The minimum Gasteiger partial charge on any atom is -0.481 e. The monoisotopic (exact) mass is 292 g/mol. The molecule has 2 bridgehead atoms. The van der Waals surface area contributed by atoms with Gasteiger partial charge < -0.3 is 15.7 Å². The highest BCUT2D eigenvalue weighted by Gasteiger charge is 2.52. The van der Waals surface area contributed by atoms with Gasteiger partial charge in [-0.3, -0.25) is 14.4 Å². The number of aliphatic carboxylic acids is 1. The van der Waals surface area contributed by atoms with Crippen molar-refractivity contribution in [1.82, 2.24) is 4.90 Å². The third kappa shape index (κ3) is 2.32. The normalized spacial score (nSPS) is 35.1. The minimum atomic E-state index is -0.878. The first kappa shape index (κ1) is 14.1. The molecule has 6 heteroatoms. The van der Waals surface area contributed by atoms with Gasteiger partial charge in [-0.1, -0.05) is 12.2 Å². The van der Waals surface area contributed by atoms with Crippen molar-refractivity contribution in [3.8, 4) is 0 Å². The second kappa shape index (κ2) is 5.16. The number of fused-ring (bicyclic) bond motifs is 2. The van der Waals surface area contributed by atoms with Gasteiger partial charge in [-0.25, -0.2) is 0 Å². The molecule has 4 atom stereocenters. The predicted octanol–water partition coefficient (Wildman–Crippen LogP) is 0.233.